The monoisotopic (exact) mass is 379 g/mol. The minimum absolute atomic E-state index is 0.216. The van der Waals surface area contributed by atoms with Crippen molar-refractivity contribution < 1.29 is 13.2 Å². The average molecular weight is 379 g/mol. The Morgan fingerprint density at radius 3 is 2.57 bits per heavy atom. The quantitative estimate of drug-likeness (QED) is 0.483. The van der Waals surface area contributed by atoms with Crippen LogP contribution < -0.4 is 0 Å². The highest BCUT2D eigenvalue weighted by Crippen LogP contribution is 2.25. The van der Waals surface area contributed by atoms with Gasteiger partial charge in [0.15, 0.2) is 0 Å². The number of nitrogens with zero attached hydrogens (tertiary/aromatic N) is 3. The summed E-state index contributed by atoms with van der Waals surface area (Å²) >= 11 is 0. The van der Waals surface area contributed by atoms with E-state index in [4.69, 9.17) is 4.42 Å². The fraction of sp³-hybridized carbons (Fsp3) is 0.182. The number of fused-ring (bicyclic) bond motifs is 1. The number of pyridine rings is 1. The van der Waals surface area contributed by atoms with Crippen LogP contribution in [0, 0.1) is 18.6 Å². The Balaban J connectivity index is 1.55. The van der Waals surface area contributed by atoms with Gasteiger partial charge in [-0.3, -0.25) is 9.88 Å². The van der Waals surface area contributed by atoms with E-state index in [0.29, 0.717) is 18.8 Å². The summed E-state index contributed by atoms with van der Waals surface area (Å²) in [4.78, 5) is 11.0. The first-order valence-electron chi connectivity index (χ1n) is 8.93. The van der Waals surface area contributed by atoms with Crippen LogP contribution in [0.2, 0.25) is 0 Å². The molecule has 0 aliphatic heterocycles. The maximum Gasteiger partial charge on any atom is 0.226 e. The van der Waals surface area contributed by atoms with Crippen molar-refractivity contribution in [1.82, 2.24) is 14.9 Å². The van der Waals surface area contributed by atoms with Crippen molar-refractivity contribution in [2.75, 3.05) is 7.05 Å². The van der Waals surface area contributed by atoms with Gasteiger partial charge in [-0.15, -0.1) is 0 Å². The lowest BCUT2D eigenvalue weighted by atomic mass is 10.1. The molecule has 0 unspecified atom stereocenters. The molecule has 0 fully saturated rings. The van der Waals surface area contributed by atoms with Crippen LogP contribution in [0.25, 0.3) is 22.4 Å². The minimum atomic E-state index is -0.658. The molecule has 2 aromatic heterocycles. The second-order valence-electron chi connectivity index (χ2n) is 6.84. The molecule has 2 aromatic carbocycles. The fourth-order valence-electron chi connectivity index (χ4n) is 3.28. The summed E-state index contributed by atoms with van der Waals surface area (Å²) in [7, 11) is 1.99. The maximum absolute atomic E-state index is 13.5. The van der Waals surface area contributed by atoms with E-state index in [2.05, 4.69) is 27.0 Å². The van der Waals surface area contributed by atoms with Gasteiger partial charge >= 0.3 is 0 Å². The second-order valence-corrected chi connectivity index (χ2v) is 6.84. The molecular weight excluding hydrogens is 360 g/mol. The van der Waals surface area contributed by atoms with Crippen LogP contribution >= 0.6 is 0 Å². The number of rotatable bonds is 5. The third-order valence-electron chi connectivity index (χ3n) is 4.60. The molecule has 0 saturated carbocycles. The molecule has 0 N–H and O–H groups in total. The van der Waals surface area contributed by atoms with Crippen LogP contribution in [-0.2, 0) is 13.1 Å². The van der Waals surface area contributed by atoms with Gasteiger partial charge in [0.2, 0.25) is 5.89 Å². The second kappa shape index (κ2) is 7.48. The predicted molar refractivity (Wildman–Crippen MR) is 104 cm³/mol. The molecule has 2 heterocycles. The number of aromatic nitrogens is 2. The maximum atomic E-state index is 13.5. The van der Waals surface area contributed by atoms with E-state index < -0.39 is 11.6 Å². The Hall–Kier alpha value is -3.12. The van der Waals surface area contributed by atoms with Crippen LogP contribution in [0.5, 0.6) is 0 Å². The first kappa shape index (κ1) is 18.3. The molecule has 0 amide bonds. The van der Waals surface area contributed by atoms with E-state index in [1.807, 2.05) is 25.2 Å². The standard InChI is InChI=1S/C22H19F2N3O/c1-14-21(26-22(28-14)16-9-17(23)11-18(24)10-16)13-27(2)12-15-5-3-7-20-19(15)6-4-8-25-20/h3-11H,12-13H2,1-2H3. The zero-order valence-corrected chi connectivity index (χ0v) is 15.6. The Bertz CT molecular complexity index is 1110. The summed E-state index contributed by atoms with van der Waals surface area (Å²) in [6.07, 6.45) is 1.78. The van der Waals surface area contributed by atoms with E-state index in [1.165, 1.54) is 17.7 Å². The van der Waals surface area contributed by atoms with E-state index in [1.54, 1.807) is 13.1 Å². The van der Waals surface area contributed by atoms with Gasteiger partial charge in [-0.25, -0.2) is 13.8 Å². The summed E-state index contributed by atoms with van der Waals surface area (Å²) in [5, 5.41) is 1.12. The van der Waals surface area contributed by atoms with E-state index in [0.717, 1.165) is 22.7 Å². The van der Waals surface area contributed by atoms with Crippen LogP contribution in [-0.4, -0.2) is 21.9 Å². The number of oxazole rings is 1. The Labute approximate surface area is 161 Å². The zero-order chi connectivity index (χ0) is 19.7. The molecule has 0 aliphatic rings. The first-order valence-corrected chi connectivity index (χ1v) is 8.93. The van der Waals surface area contributed by atoms with E-state index in [-0.39, 0.29) is 11.5 Å². The van der Waals surface area contributed by atoms with Gasteiger partial charge in [0.25, 0.3) is 0 Å². The Kier molecular flexibility index (Phi) is 4.88. The Morgan fingerprint density at radius 1 is 1.00 bits per heavy atom. The van der Waals surface area contributed by atoms with Gasteiger partial charge in [0.1, 0.15) is 17.4 Å². The summed E-state index contributed by atoms with van der Waals surface area (Å²) in [6, 6.07) is 13.3. The SMILES string of the molecule is Cc1oc(-c2cc(F)cc(F)c2)nc1CN(C)Cc1cccc2ncccc12. The summed E-state index contributed by atoms with van der Waals surface area (Å²) in [6.45, 7) is 3.06. The van der Waals surface area contributed by atoms with Crippen molar-refractivity contribution in [2.45, 2.75) is 20.0 Å². The Morgan fingerprint density at radius 2 is 1.79 bits per heavy atom. The normalized spacial score (nSPS) is 11.5. The third-order valence-corrected chi connectivity index (χ3v) is 4.60. The molecule has 0 spiro atoms. The number of benzene rings is 2. The third kappa shape index (κ3) is 3.77. The van der Waals surface area contributed by atoms with Crippen LogP contribution in [0.4, 0.5) is 8.78 Å². The van der Waals surface area contributed by atoms with Crippen molar-refractivity contribution in [2.24, 2.45) is 0 Å². The van der Waals surface area contributed by atoms with E-state index >= 15 is 0 Å². The molecule has 4 nitrogen and oxygen atoms in total. The number of aryl methyl sites for hydroxylation is 1. The largest absolute Gasteiger partial charge is 0.441 e. The smallest absolute Gasteiger partial charge is 0.226 e. The van der Waals surface area contributed by atoms with Gasteiger partial charge < -0.3 is 4.42 Å². The summed E-state index contributed by atoms with van der Waals surface area (Å²) in [5.74, 6) is -0.470. The van der Waals surface area contributed by atoms with Gasteiger partial charge in [-0.1, -0.05) is 18.2 Å². The minimum Gasteiger partial charge on any atom is -0.441 e. The summed E-state index contributed by atoms with van der Waals surface area (Å²) in [5.41, 5.74) is 3.15. The lowest BCUT2D eigenvalue weighted by Gasteiger charge is -2.16. The molecule has 0 radical (unpaired) electrons. The van der Waals surface area contributed by atoms with Gasteiger partial charge in [0.05, 0.1) is 11.2 Å². The molecular formula is C22H19F2N3O. The molecule has 0 aliphatic carbocycles. The van der Waals surface area contributed by atoms with Crippen LogP contribution in [0.1, 0.15) is 17.0 Å². The highest BCUT2D eigenvalue weighted by atomic mass is 19.1. The van der Waals surface area contributed by atoms with Gasteiger partial charge in [-0.2, -0.15) is 0 Å². The highest BCUT2D eigenvalue weighted by Gasteiger charge is 2.15. The molecule has 0 bridgehead atoms. The molecule has 142 valence electrons. The molecule has 0 saturated heterocycles. The summed E-state index contributed by atoms with van der Waals surface area (Å²) < 4.78 is 32.6. The van der Waals surface area contributed by atoms with Crippen molar-refractivity contribution in [3.05, 3.63) is 83.4 Å². The van der Waals surface area contributed by atoms with Crippen molar-refractivity contribution >= 4 is 10.9 Å². The predicted octanol–water partition coefficient (Wildman–Crippen LogP) is 5.11. The molecule has 4 rings (SSSR count). The van der Waals surface area contributed by atoms with Crippen LogP contribution in [0.15, 0.2) is 59.1 Å². The molecule has 6 heteroatoms. The van der Waals surface area contributed by atoms with Crippen LogP contribution in [0.3, 0.4) is 0 Å². The van der Waals surface area contributed by atoms with Crippen molar-refractivity contribution in [3.8, 4) is 11.5 Å². The number of halogens is 2. The lowest BCUT2D eigenvalue weighted by Crippen LogP contribution is -2.18. The van der Waals surface area contributed by atoms with E-state index in [9.17, 15) is 8.78 Å². The fourth-order valence-corrected chi connectivity index (χ4v) is 3.28. The lowest BCUT2D eigenvalue weighted by molar-refractivity contribution is 0.314. The average Bonchev–Trinajstić information content (AvgIpc) is 3.02. The van der Waals surface area contributed by atoms with Crippen molar-refractivity contribution in [3.63, 3.8) is 0 Å². The first-order chi connectivity index (χ1) is 13.5. The highest BCUT2D eigenvalue weighted by molar-refractivity contribution is 5.81. The molecule has 28 heavy (non-hydrogen) atoms. The number of hydrogen-bond acceptors (Lipinski definition) is 4. The topological polar surface area (TPSA) is 42.2 Å². The molecule has 0 atom stereocenters. The van der Waals surface area contributed by atoms with Crippen molar-refractivity contribution in [1.29, 1.82) is 0 Å². The number of hydrogen-bond donors (Lipinski definition) is 0. The zero-order valence-electron chi connectivity index (χ0n) is 15.6. The van der Waals surface area contributed by atoms with Gasteiger partial charge in [0, 0.05) is 36.3 Å². The van der Waals surface area contributed by atoms with Gasteiger partial charge in [-0.05, 0) is 43.8 Å². The molecule has 4 aromatic rings.